The molecule has 4 aromatic rings. The summed E-state index contributed by atoms with van der Waals surface area (Å²) in [6, 6.07) is 7.23. The number of carbonyl (C=O) groups is 1. The molecule has 141 valence electrons. The van der Waals surface area contributed by atoms with Crippen LogP contribution in [0.15, 0.2) is 33.2 Å². The van der Waals surface area contributed by atoms with Crippen LogP contribution >= 0.6 is 55.3 Å². The van der Waals surface area contributed by atoms with E-state index in [4.69, 9.17) is 12.8 Å². The van der Waals surface area contributed by atoms with Crippen LogP contribution in [0.2, 0.25) is 0 Å². The number of hydrogen-bond acceptors (Lipinski definition) is 10. The van der Waals surface area contributed by atoms with Crippen LogP contribution in [0.1, 0.15) is 15.9 Å². The first-order valence-electron chi connectivity index (χ1n) is 6.83. The van der Waals surface area contributed by atoms with E-state index in [1.54, 1.807) is 12.1 Å². The van der Waals surface area contributed by atoms with E-state index in [0.717, 1.165) is 60.8 Å². The fraction of sp³-hybridized carbons (Fsp3) is 0.0714. The molecule has 8 nitrogen and oxygen atoms in total. The van der Waals surface area contributed by atoms with Crippen molar-refractivity contribution in [3.8, 4) is 0 Å². The zero-order valence-corrected chi connectivity index (χ0v) is 19.0. The molecule has 0 amide bonds. The molecule has 27 heavy (non-hydrogen) atoms. The van der Waals surface area contributed by atoms with Crippen molar-refractivity contribution in [2.24, 2.45) is 0 Å². The van der Waals surface area contributed by atoms with Gasteiger partial charge in [0.1, 0.15) is 22.1 Å². The van der Waals surface area contributed by atoms with Crippen molar-refractivity contribution in [3.05, 3.63) is 44.3 Å². The Labute approximate surface area is 183 Å². The Kier molecular flexibility index (Phi) is 8.96. The molecule has 0 radical (unpaired) electrons. The third kappa shape index (κ3) is 5.41. The summed E-state index contributed by atoms with van der Waals surface area (Å²) < 4.78 is 34.9. The number of hydrogen-bond donors (Lipinski definition) is 1. The molecule has 0 spiro atoms. The second-order valence-electron chi connectivity index (χ2n) is 4.60. The van der Waals surface area contributed by atoms with Gasteiger partial charge >= 0.3 is 22.5 Å². The normalized spacial score (nSPS) is 9.89. The van der Waals surface area contributed by atoms with Gasteiger partial charge in [-0.2, -0.15) is 17.5 Å². The van der Waals surface area contributed by atoms with Gasteiger partial charge in [-0.25, -0.2) is 0 Å². The van der Waals surface area contributed by atoms with E-state index in [2.05, 4.69) is 49.4 Å². The third-order valence-corrected chi connectivity index (χ3v) is 5.48. The van der Waals surface area contributed by atoms with Gasteiger partial charge in [0.15, 0.2) is 6.29 Å². The van der Waals surface area contributed by atoms with Crippen LogP contribution in [0.3, 0.4) is 0 Å². The predicted octanol–water partition coefficient (Wildman–Crippen LogP) is 3.97. The van der Waals surface area contributed by atoms with E-state index in [1.807, 2.05) is 12.1 Å². The molecule has 0 aliphatic rings. The van der Waals surface area contributed by atoms with E-state index in [1.165, 1.54) is 0 Å². The summed E-state index contributed by atoms with van der Waals surface area (Å²) in [6.07, 6.45) is 0.788. The molecule has 0 aliphatic carbocycles. The number of aliphatic hydroxyl groups is 1. The second-order valence-corrected chi connectivity index (χ2v) is 7.57. The number of benzene rings is 2. The monoisotopic (exact) mass is 573 g/mol. The average Bonchev–Trinajstić information content (AvgIpc) is 3.34. The number of fused-ring (bicyclic) bond motifs is 2. The van der Waals surface area contributed by atoms with Crippen LogP contribution in [0.25, 0.3) is 22.1 Å². The Morgan fingerprint density at radius 2 is 1.37 bits per heavy atom. The van der Waals surface area contributed by atoms with Gasteiger partial charge in [0.05, 0.1) is 30.1 Å². The standard InChI is InChI=1S/C7H5BrN2OS.C7H3BrN2OS.Mn.2O/c2*8-5-2-1-4(3-11)6-7(5)10-12-9-6;;;/h1-2,11H,3H2;1-3H;;;. The molecule has 0 atom stereocenters. The summed E-state index contributed by atoms with van der Waals surface area (Å²) in [5, 5.41) is 8.97. The first-order valence-corrected chi connectivity index (χ1v) is 10.8. The fourth-order valence-electron chi connectivity index (χ4n) is 1.97. The number of aldehydes is 1. The van der Waals surface area contributed by atoms with Gasteiger partial charge in [-0.05, 0) is 50.1 Å². The zero-order valence-electron chi connectivity index (χ0n) is 13.0. The SMILES string of the molecule is O=Cc1ccc(Br)c2nsnc12.OCc1ccc(Br)c2nsnc12.[O]=[Mn]=[O]. The number of nitrogens with zero attached hydrogens (tertiary/aromatic N) is 4. The van der Waals surface area contributed by atoms with E-state index >= 15 is 0 Å². The summed E-state index contributed by atoms with van der Waals surface area (Å²) >= 11 is 7.52. The van der Waals surface area contributed by atoms with Crippen molar-refractivity contribution in [2.45, 2.75) is 6.61 Å². The van der Waals surface area contributed by atoms with Crippen molar-refractivity contribution in [1.82, 2.24) is 17.5 Å². The van der Waals surface area contributed by atoms with Crippen LogP contribution < -0.4 is 0 Å². The summed E-state index contributed by atoms with van der Waals surface area (Å²) in [7, 11) is 0. The summed E-state index contributed by atoms with van der Waals surface area (Å²) in [5.74, 6) is 0. The Morgan fingerprint density at radius 1 is 0.889 bits per heavy atom. The molecular formula is C14H8Br2MnN4O4S2. The quantitative estimate of drug-likeness (QED) is 0.282. The first-order chi connectivity index (χ1) is 13.1. The van der Waals surface area contributed by atoms with Gasteiger partial charge in [0, 0.05) is 20.1 Å². The van der Waals surface area contributed by atoms with Crippen molar-refractivity contribution < 1.29 is 32.4 Å². The molecule has 2 aromatic carbocycles. The molecule has 0 unspecified atom stereocenters. The van der Waals surface area contributed by atoms with Crippen molar-refractivity contribution in [2.75, 3.05) is 0 Å². The molecule has 13 heteroatoms. The van der Waals surface area contributed by atoms with Crippen molar-refractivity contribution in [3.63, 3.8) is 0 Å². The molecule has 2 aromatic heterocycles. The predicted molar refractivity (Wildman–Crippen MR) is 103 cm³/mol. The Balaban J connectivity index is 0.000000170. The summed E-state index contributed by atoms with van der Waals surface area (Å²) in [4.78, 5) is 10.6. The van der Waals surface area contributed by atoms with Gasteiger partial charge in [-0.3, -0.25) is 4.79 Å². The molecule has 2 heterocycles. The van der Waals surface area contributed by atoms with Crippen LogP contribution in [-0.4, -0.2) is 28.9 Å². The van der Waals surface area contributed by atoms with E-state index < -0.39 is 14.8 Å². The summed E-state index contributed by atoms with van der Waals surface area (Å²) in [5.41, 5.74) is 4.45. The maximum absolute atomic E-state index is 10.6. The number of carbonyl (C=O) groups excluding carboxylic acids is 1. The number of halogens is 2. The van der Waals surface area contributed by atoms with E-state index in [9.17, 15) is 4.79 Å². The van der Waals surface area contributed by atoms with Gasteiger partial charge in [0.25, 0.3) is 0 Å². The van der Waals surface area contributed by atoms with Crippen LogP contribution in [0.5, 0.6) is 0 Å². The van der Waals surface area contributed by atoms with Gasteiger partial charge < -0.3 is 5.11 Å². The minimum absolute atomic E-state index is 0.00912. The van der Waals surface area contributed by atoms with Crippen LogP contribution in [0, 0.1) is 0 Å². The molecule has 0 aliphatic heterocycles. The molecule has 1 N–H and O–H groups in total. The fourth-order valence-corrected chi connectivity index (χ4v) is 4.19. The minimum atomic E-state index is -1.44. The Bertz CT molecular complexity index is 1120. The number of aromatic nitrogens is 4. The molecule has 0 fully saturated rings. The Hall–Kier alpha value is -1.21. The topological polar surface area (TPSA) is 123 Å². The zero-order chi connectivity index (χ0) is 19.8. The number of rotatable bonds is 2. The molecule has 0 saturated heterocycles. The van der Waals surface area contributed by atoms with Gasteiger partial charge in [-0.1, -0.05) is 6.07 Å². The molecule has 0 bridgehead atoms. The van der Waals surface area contributed by atoms with Crippen molar-refractivity contribution in [1.29, 1.82) is 0 Å². The molecule has 0 saturated carbocycles. The van der Waals surface area contributed by atoms with Gasteiger partial charge in [-0.15, -0.1) is 0 Å². The Morgan fingerprint density at radius 3 is 1.93 bits per heavy atom. The average molecular weight is 575 g/mol. The van der Waals surface area contributed by atoms with E-state index in [-0.39, 0.29) is 6.61 Å². The maximum atomic E-state index is 10.6. The second kappa shape index (κ2) is 11.0. The van der Waals surface area contributed by atoms with E-state index in [0.29, 0.717) is 11.1 Å². The van der Waals surface area contributed by atoms with Gasteiger partial charge in [0.2, 0.25) is 0 Å². The van der Waals surface area contributed by atoms with Crippen molar-refractivity contribution >= 4 is 83.7 Å². The number of aliphatic hydroxyl groups excluding tert-OH is 1. The third-order valence-electron chi connectivity index (χ3n) is 3.14. The van der Waals surface area contributed by atoms with Crippen LogP contribution in [0.4, 0.5) is 0 Å². The summed E-state index contributed by atoms with van der Waals surface area (Å²) in [6.45, 7) is 0.00912. The first kappa shape index (κ1) is 22.1. The molecule has 4 rings (SSSR count). The molecular weight excluding hydrogens is 567 g/mol. The van der Waals surface area contributed by atoms with Crippen LogP contribution in [-0.2, 0) is 29.1 Å².